The second-order valence-corrected chi connectivity index (χ2v) is 6.22. The maximum atomic E-state index is 12.7. The summed E-state index contributed by atoms with van der Waals surface area (Å²) in [6.07, 6.45) is 2.17. The van der Waals surface area contributed by atoms with E-state index >= 15 is 0 Å². The van der Waals surface area contributed by atoms with Gasteiger partial charge in [-0.1, -0.05) is 35.5 Å². The average molecular weight is 313 g/mol. The van der Waals surface area contributed by atoms with Crippen LogP contribution >= 0.6 is 0 Å². The summed E-state index contributed by atoms with van der Waals surface area (Å²) in [5.41, 5.74) is 1.21. The third-order valence-corrected chi connectivity index (χ3v) is 4.85. The fraction of sp³-hybridized carbons (Fsp3) is 0.471. The third-order valence-electron chi connectivity index (χ3n) is 4.85. The van der Waals surface area contributed by atoms with Crippen molar-refractivity contribution in [1.29, 1.82) is 0 Å². The van der Waals surface area contributed by atoms with Crippen LogP contribution < -0.4 is 0 Å². The van der Waals surface area contributed by atoms with Crippen molar-refractivity contribution in [3.63, 3.8) is 0 Å². The molecule has 6 nitrogen and oxygen atoms in total. The summed E-state index contributed by atoms with van der Waals surface area (Å²) in [7, 11) is 0. The largest absolute Gasteiger partial charge is 0.381 e. The minimum atomic E-state index is -0.00422. The van der Waals surface area contributed by atoms with Crippen molar-refractivity contribution in [3.05, 3.63) is 48.1 Å². The molecule has 0 aliphatic carbocycles. The molecule has 2 saturated heterocycles. The Labute approximate surface area is 134 Å². The van der Waals surface area contributed by atoms with Gasteiger partial charge in [0.1, 0.15) is 0 Å². The number of hydrogen-bond donors (Lipinski definition) is 0. The molecular formula is C17H19N3O3. The van der Waals surface area contributed by atoms with Gasteiger partial charge in [-0.2, -0.15) is 4.98 Å². The maximum absolute atomic E-state index is 12.7. The van der Waals surface area contributed by atoms with Crippen LogP contribution in [0, 0.1) is 5.92 Å². The first kappa shape index (κ1) is 14.4. The smallest absolute Gasteiger partial charge is 0.228 e. The molecule has 4 rings (SSSR count). The second kappa shape index (κ2) is 6.12. The number of carbonyl (C=O) groups is 1. The number of hydrogen-bond acceptors (Lipinski definition) is 5. The summed E-state index contributed by atoms with van der Waals surface area (Å²) in [4.78, 5) is 18.9. The summed E-state index contributed by atoms with van der Waals surface area (Å²) in [5, 5.41) is 4.02. The molecule has 0 N–H and O–H groups in total. The van der Waals surface area contributed by atoms with Crippen LogP contribution in [-0.2, 0) is 9.53 Å². The summed E-state index contributed by atoms with van der Waals surface area (Å²) in [5.74, 6) is 1.13. The second-order valence-electron chi connectivity index (χ2n) is 6.22. The standard InChI is InChI=1S/C17H19N3O3/c21-17(13-6-7-22-10-13)20-8-14(12-4-2-1-3-5-12)15(9-20)16-18-11-23-19-16/h1-5,11,13-15H,6-10H2. The van der Waals surface area contributed by atoms with E-state index < -0.39 is 0 Å². The number of aromatic nitrogens is 2. The van der Waals surface area contributed by atoms with Crippen molar-refractivity contribution in [3.8, 4) is 0 Å². The molecule has 0 bridgehead atoms. The molecule has 3 unspecified atom stereocenters. The van der Waals surface area contributed by atoms with Gasteiger partial charge in [0.15, 0.2) is 5.82 Å². The van der Waals surface area contributed by atoms with Crippen molar-refractivity contribution >= 4 is 5.91 Å². The Bertz CT molecular complexity index is 653. The molecule has 0 saturated carbocycles. The molecule has 2 fully saturated rings. The zero-order valence-corrected chi connectivity index (χ0v) is 12.8. The van der Waals surface area contributed by atoms with Gasteiger partial charge in [-0.05, 0) is 12.0 Å². The van der Waals surface area contributed by atoms with Crippen LogP contribution in [0.4, 0.5) is 0 Å². The highest BCUT2D eigenvalue weighted by Gasteiger charge is 2.41. The molecule has 1 aromatic carbocycles. The molecule has 120 valence electrons. The van der Waals surface area contributed by atoms with Gasteiger partial charge in [0, 0.05) is 31.5 Å². The van der Waals surface area contributed by atoms with Gasteiger partial charge in [-0.3, -0.25) is 4.79 Å². The fourth-order valence-electron chi connectivity index (χ4n) is 3.61. The molecule has 2 aliphatic rings. The van der Waals surface area contributed by atoms with Crippen molar-refractivity contribution in [1.82, 2.24) is 15.0 Å². The fourth-order valence-corrected chi connectivity index (χ4v) is 3.61. The Morgan fingerprint density at radius 3 is 2.70 bits per heavy atom. The maximum Gasteiger partial charge on any atom is 0.228 e. The first-order valence-corrected chi connectivity index (χ1v) is 8.00. The number of amides is 1. The number of ether oxygens (including phenoxy) is 1. The van der Waals surface area contributed by atoms with Crippen LogP contribution in [0.3, 0.4) is 0 Å². The highest BCUT2D eigenvalue weighted by molar-refractivity contribution is 5.79. The molecular weight excluding hydrogens is 294 g/mol. The van der Waals surface area contributed by atoms with E-state index in [0.717, 1.165) is 6.42 Å². The number of carbonyl (C=O) groups excluding carboxylic acids is 1. The minimum absolute atomic E-state index is 0.00422. The van der Waals surface area contributed by atoms with Gasteiger partial charge in [0.05, 0.1) is 12.5 Å². The molecule has 6 heteroatoms. The Balaban J connectivity index is 1.59. The minimum Gasteiger partial charge on any atom is -0.381 e. The molecule has 1 amide bonds. The van der Waals surface area contributed by atoms with Gasteiger partial charge >= 0.3 is 0 Å². The van der Waals surface area contributed by atoms with Crippen molar-refractivity contribution in [2.45, 2.75) is 18.3 Å². The van der Waals surface area contributed by atoms with E-state index in [-0.39, 0.29) is 23.7 Å². The number of benzene rings is 1. The molecule has 1 aromatic heterocycles. The quantitative estimate of drug-likeness (QED) is 0.864. The van der Waals surface area contributed by atoms with Crippen LogP contribution in [0.2, 0.25) is 0 Å². The van der Waals surface area contributed by atoms with Crippen LogP contribution in [0.5, 0.6) is 0 Å². The van der Waals surface area contributed by atoms with E-state index in [1.165, 1.54) is 12.0 Å². The van der Waals surface area contributed by atoms with E-state index in [4.69, 9.17) is 9.26 Å². The Hall–Kier alpha value is -2.21. The van der Waals surface area contributed by atoms with Crippen molar-refractivity contribution < 1.29 is 14.1 Å². The first-order chi connectivity index (χ1) is 11.3. The molecule has 2 aliphatic heterocycles. The lowest BCUT2D eigenvalue weighted by molar-refractivity contribution is -0.134. The predicted octanol–water partition coefficient (Wildman–Crippen LogP) is 1.82. The van der Waals surface area contributed by atoms with Crippen LogP contribution in [0.15, 0.2) is 41.2 Å². The summed E-state index contributed by atoms with van der Waals surface area (Å²) in [6.45, 7) is 2.55. The Morgan fingerprint density at radius 1 is 1.17 bits per heavy atom. The SMILES string of the molecule is O=C(C1CCOC1)N1CC(c2ccccc2)C(c2ncon2)C1. The number of rotatable bonds is 3. The van der Waals surface area contributed by atoms with Crippen LogP contribution in [0.25, 0.3) is 0 Å². The molecule has 3 atom stereocenters. The predicted molar refractivity (Wildman–Crippen MR) is 81.7 cm³/mol. The summed E-state index contributed by atoms with van der Waals surface area (Å²) in [6, 6.07) is 10.3. The summed E-state index contributed by atoms with van der Waals surface area (Å²) < 4.78 is 10.3. The van der Waals surface area contributed by atoms with Gasteiger partial charge in [0.2, 0.25) is 12.3 Å². The van der Waals surface area contributed by atoms with Gasteiger partial charge in [0.25, 0.3) is 0 Å². The molecule has 3 heterocycles. The lowest BCUT2D eigenvalue weighted by atomic mass is 9.88. The molecule has 2 aromatic rings. The van der Waals surface area contributed by atoms with E-state index in [1.54, 1.807) is 0 Å². The number of likely N-dealkylation sites (tertiary alicyclic amines) is 1. The lowest BCUT2D eigenvalue weighted by Gasteiger charge is -2.19. The van der Waals surface area contributed by atoms with E-state index in [1.807, 2.05) is 23.1 Å². The molecule has 0 spiro atoms. The van der Waals surface area contributed by atoms with E-state index in [0.29, 0.717) is 32.1 Å². The lowest BCUT2D eigenvalue weighted by Crippen LogP contribution is -2.34. The van der Waals surface area contributed by atoms with Gasteiger partial charge < -0.3 is 14.2 Å². The van der Waals surface area contributed by atoms with Crippen LogP contribution in [0.1, 0.15) is 29.6 Å². The molecule has 0 radical (unpaired) electrons. The van der Waals surface area contributed by atoms with Crippen molar-refractivity contribution in [2.24, 2.45) is 5.92 Å². The average Bonchev–Trinajstić information content (AvgIpc) is 3.35. The zero-order chi connectivity index (χ0) is 15.6. The van der Waals surface area contributed by atoms with Crippen LogP contribution in [-0.4, -0.2) is 47.3 Å². The first-order valence-electron chi connectivity index (χ1n) is 8.00. The Morgan fingerprint density at radius 2 is 2.00 bits per heavy atom. The normalized spacial score (nSPS) is 27.5. The molecule has 23 heavy (non-hydrogen) atoms. The topological polar surface area (TPSA) is 68.5 Å². The zero-order valence-electron chi connectivity index (χ0n) is 12.8. The highest BCUT2D eigenvalue weighted by Crippen LogP contribution is 2.39. The summed E-state index contributed by atoms with van der Waals surface area (Å²) >= 11 is 0. The van der Waals surface area contributed by atoms with Crippen molar-refractivity contribution in [2.75, 3.05) is 26.3 Å². The monoisotopic (exact) mass is 313 g/mol. The Kier molecular flexibility index (Phi) is 3.83. The van der Waals surface area contributed by atoms with Gasteiger partial charge in [-0.15, -0.1) is 0 Å². The highest BCUT2D eigenvalue weighted by atomic mass is 16.5. The number of nitrogens with zero attached hydrogens (tertiary/aromatic N) is 3. The van der Waals surface area contributed by atoms with Gasteiger partial charge in [-0.25, -0.2) is 0 Å². The third kappa shape index (κ3) is 2.74. The van der Waals surface area contributed by atoms with E-state index in [9.17, 15) is 4.79 Å². The van der Waals surface area contributed by atoms with E-state index in [2.05, 4.69) is 22.3 Å².